The van der Waals surface area contributed by atoms with Crippen LogP contribution in [0.25, 0.3) is 0 Å². The SMILES string of the molecule is COCC(C)OC(=O)N1CCC(CC#N)(N2NC(=Nc3ccc(S(=O)(=O)N(C)C)cc3)C3C(=O)N=CC=C32)CC1. The first-order valence-corrected chi connectivity index (χ1v) is 14.2. The Kier molecular flexibility index (Phi) is 8.57. The molecule has 0 saturated carbocycles. The fourth-order valence-electron chi connectivity index (χ4n) is 4.96. The zero-order chi connectivity index (χ0) is 29.1. The molecule has 0 spiro atoms. The van der Waals surface area contributed by atoms with Gasteiger partial charge in [0.05, 0.1) is 40.9 Å². The summed E-state index contributed by atoms with van der Waals surface area (Å²) in [5, 5.41) is 11.6. The van der Waals surface area contributed by atoms with Crippen LogP contribution in [0.4, 0.5) is 10.5 Å². The van der Waals surface area contributed by atoms with Crippen LogP contribution in [0, 0.1) is 17.2 Å². The van der Waals surface area contributed by atoms with E-state index in [9.17, 15) is 23.3 Å². The third-order valence-electron chi connectivity index (χ3n) is 7.15. The van der Waals surface area contributed by atoms with Crippen molar-refractivity contribution in [3.63, 3.8) is 0 Å². The molecular weight excluding hydrogens is 538 g/mol. The number of nitrogens with zero attached hydrogens (tertiary/aromatic N) is 6. The number of sulfonamides is 1. The van der Waals surface area contributed by atoms with Crippen molar-refractivity contribution in [2.24, 2.45) is 15.9 Å². The third-order valence-corrected chi connectivity index (χ3v) is 8.98. The van der Waals surface area contributed by atoms with Crippen molar-refractivity contribution in [1.82, 2.24) is 19.6 Å². The van der Waals surface area contributed by atoms with Crippen molar-refractivity contribution in [2.75, 3.05) is 40.9 Å². The first-order chi connectivity index (χ1) is 19.0. The van der Waals surface area contributed by atoms with E-state index in [2.05, 4.69) is 21.5 Å². The highest BCUT2D eigenvalue weighted by atomic mass is 32.2. The third kappa shape index (κ3) is 5.72. The average molecular weight is 572 g/mol. The summed E-state index contributed by atoms with van der Waals surface area (Å²) in [7, 11) is 0.844. The van der Waals surface area contributed by atoms with Crippen LogP contribution >= 0.6 is 0 Å². The number of amidine groups is 1. The Hall–Kier alpha value is -3.80. The predicted molar refractivity (Wildman–Crippen MR) is 146 cm³/mol. The van der Waals surface area contributed by atoms with Gasteiger partial charge in [-0.1, -0.05) is 0 Å². The molecule has 2 amide bonds. The number of piperidine rings is 1. The van der Waals surface area contributed by atoms with E-state index in [-0.39, 0.29) is 17.9 Å². The molecule has 214 valence electrons. The minimum Gasteiger partial charge on any atom is -0.444 e. The van der Waals surface area contributed by atoms with Gasteiger partial charge in [-0.15, -0.1) is 0 Å². The molecule has 1 aromatic carbocycles. The smallest absolute Gasteiger partial charge is 0.410 e. The summed E-state index contributed by atoms with van der Waals surface area (Å²) < 4.78 is 36.4. The van der Waals surface area contributed by atoms with Crippen LogP contribution in [0.15, 0.2) is 50.9 Å². The molecule has 2 atom stereocenters. The number of allylic oxidation sites excluding steroid dienone is 1. The van der Waals surface area contributed by atoms with E-state index in [1.807, 2.05) is 5.01 Å². The normalized spacial score (nSPS) is 22.0. The van der Waals surface area contributed by atoms with Gasteiger partial charge in [0.2, 0.25) is 10.0 Å². The Balaban J connectivity index is 1.59. The molecule has 2 fully saturated rings. The standard InChI is InChI=1S/C26H33N7O6S/c1-18(17-38-4)39-25(35)32-15-11-26(10-13-27,12-16-32)33-21-9-14-28-24(34)22(21)23(30-33)29-19-5-7-20(8-6-19)40(36,37)31(2)3/h5-9,14,18,22H,10-12,15-17H2,1-4H3,(H,29,30). The van der Waals surface area contributed by atoms with Crippen molar-refractivity contribution < 1.29 is 27.5 Å². The second-order valence-corrected chi connectivity index (χ2v) is 12.2. The minimum atomic E-state index is -3.60. The lowest BCUT2D eigenvalue weighted by Crippen LogP contribution is -2.58. The van der Waals surface area contributed by atoms with E-state index in [0.717, 1.165) is 4.31 Å². The van der Waals surface area contributed by atoms with E-state index in [1.165, 1.54) is 39.6 Å². The molecule has 13 nitrogen and oxygen atoms in total. The number of aliphatic imine (C=N–C) groups is 2. The van der Waals surface area contributed by atoms with Crippen LogP contribution in [-0.2, 0) is 24.3 Å². The molecule has 0 aromatic heterocycles. The number of dihydropyridines is 1. The zero-order valence-corrected chi connectivity index (χ0v) is 23.7. The molecule has 3 heterocycles. The van der Waals surface area contributed by atoms with Crippen molar-refractivity contribution in [3.05, 3.63) is 36.0 Å². The number of amides is 2. The quantitative estimate of drug-likeness (QED) is 0.491. The number of rotatable bonds is 8. The monoisotopic (exact) mass is 571 g/mol. The number of methoxy groups -OCH3 is 1. The fourth-order valence-corrected chi connectivity index (χ4v) is 5.86. The van der Waals surface area contributed by atoms with Gasteiger partial charge in [-0.25, -0.2) is 27.5 Å². The second kappa shape index (κ2) is 11.7. The number of benzene rings is 1. The molecule has 3 aliphatic heterocycles. The van der Waals surface area contributed by atoms with Gasteiger partial charge in [0.25, 0.3) is 5.91 Å². The van der Waals surface area contributed by atoms with Gasteiger partial charge in [-0.05, 0) is 50.1 Å². The summed E-state index contributed by atoms with van der Waals surface area (Å²) in [6, 6.07) is 8.31. The number of hydrazine groups is 1. The number of carbonyl (C=O) groups is 2. The summed E-state index contributed by atoms with van der Waals surface area (Å²) in [5.41, 5.74) is 3.59. The summed E-state index contributed by atoms with van der Waals surface area (Å²) in [6.07, 6.45) is 3.35. The van der Waals surface area contributed by atoms with Gasteiger partial charge in [0.1, 0.15) is 17.9 Å². The largest absolute Gasteiger partial charge is 0.444 e. The molecule has 0 radical (unpaired) electrons. The van der Waals surface area contributed by atoms with E-state index < -0.39 is 39.6 Å². The van der Waals surface area contributed by atoms with Gasteiger partial charge in [0.15, 0.2) is 0 Å². The minimum absolute atomic E-state index is 0.122. The summed E-state index contributed by atoms with van der Waals surface area (Å²) in [4.78, 5) is 35.9. The van der Waals surface area contributed by atoms with E-state index >= 15 is 0 Å². The molecule has 0 aliphatic carbocycles. The Morgan fingerprint density at radius 2 is 1.98 bits per heavy atom. The number of likely N-dealkylation sites (tertiary alicyclic amines) is 1. The van der Waals surface area contributed by atoms with E-state index in [0.29, 0.717) is 43.2 Å². The second-order valence-electron chi connectivity index (χ2n) is 10.1. The molecule has 3 aliphatic rings. The molecule has 2 saturated heterocycles. The fraction of sp³-hybridized carbons (Fsp3) is 0.500. The first-order valence-electron chi connectivity index (χ1n) is 12.8. The first kappa shape index (κ1) is 29.2. The maximum atomic E-state index is 12.9. The van der Waals surface area contributed by atoms with Crippen LogP contribution in [0.2, 0.25) is 0 Å². The van der Waals surface area contributed by atoms with Crippen LogP contribution in [0.1, 0.15) is 26.2 Å². The van der Waals surface area contributed by atoms with Crippen molar-refractivity contribution in [3.8, 4) is 6.07 Å². The zero-order valence-electron chi connectivity index (χ0n) is 22.9. The van der Waals surface area contributed by atoms with E-state index in [1.54, 1.807) is 30.0 Å². The van der Waals surface area contributed by atoms with Crippen LogP contribution < -0.4 is 5.43 Å². The summed E-state index contributed by atoms with van der Waals surface area (Å²) in [5.74, 6) is -0.884. The lowest BCUT2D eigenvalue weighted by Gasteiger charge is -2.47. The molecule has 2 unspecified atom stereocenters. The average Bonchev–Trinajstić information content (AvgIpc) is 3.29. The highest BCUT2D eigenvalue weighted by Gasteiger charge is 2.50. The topological polar surface area (TPSA) is 157 Å². The maximum Gasteiger partial charge on any atom is 0.410 e. The number of ether oxygens (including phenoxy) is 2. The molecular formula is C26H33N7O6S. The number of hydrogen-bond acceptors (Lipinski definition) is 9. The Morgan fingerprint density at radius 3 is 2.58 bits per heavy atom. The predicted octanol–water partition coefficient (Wildman–Crippen LogP) is 1.82. The number of nitriles is 1. The maximum absolute atomic E-state index is 12.9. The highest BCUT2D eigenvalue weighted by molar-refractivity contribution is 7.89. The number of hydrogen-bond donors (Lipinski definition) is 1. The van der Waals surface area contributed by atoms with Gasteiger partial charge >= 0.3 is 6.09 Å². The van der Waals surface area contributed by atoms with Gasteiger partial charge in [-0.3, -0.25) is 15.2 Å². The Bertz CT molecular complexity index is 1370. The molecule has 40 heavy (non-hydrogen) atoms. The number of fused-ring (bicyclic) bond motifs is 1. The Labute approximate surface area is 233 Å². The molecule has 14 heteroatoms. The van der Waals surface area contributed by atoms with Crippen molar-refractivity contribution >= 4 is 39.8 Å². The highest BCUT2D eigenvalue weighted by Crippen LogP contribution is 2.40. The van der Waals surface area contributed by atoms with Crippen LogP contribution in [-0.4, -0.2) is 99.2 Å². The molecule has 4 rings (SSSR count). The number of carbonyl (C=O) groups excluding carboxylic acids is 2. The summed E-state index contributed by atoms with van der Waals surface area (Å²) in [6.45, 7) is 2.75. The van der Waals surface area contributed by atoms with Crippen LogP contribution in [0.5, 0.6) is 0 Å². The molecule has 1 N–H and O–H groups in total. The number of nitrogens with one attached hydrogen (secondary N) is 1. The van der Waals surface area contributed by atoms with Gasteiger partial charge in [-0.2, -0.15) is 5.26 Å². The van der Waals surface area contributed by atoms with Crippen molar-refractivity contribution in [2.45, 2.75) is 42.7 Å². The van der Waals surface area contributed by atoms with Gasteiger partial charge in [0, 0.05) is 40.5 Å². The van der Waals surface area contributed by atoms with Crippen LogP contribution in [0.3, 0.4) is 0 Å². The molecule has 1 aromatic rings. The molecule has 0 bridgehead atoms. The lowest BCUT2D eigenvalue weighted by atomic mass is 9.83. The lowest BCUT2D eigenvalue weighted by molar-refractivity contribution is -0.119. The summed E-state index contributed by atoms with van der Waals surface area (Å²) >= 11 is 0. The Morgan fingerprint density at radius 1 is 1.30 bits per heavy atom. The van der Waals surface area contributed by atoms with Gasteiger partial charge < -0.3 is 14.4 Å². The van der Waals surface area contributed by atoms with Crippen molar-refractivity contribution in [1.29, 1.82) is 5.26 Å². The van der Waals surface area contributed by atoms with E-state index in [4.69, 9.17) is 9.47 Å².